The van der Waals surface area contributed by atoms with Crippen LogP contribution in [0.4, 0.5) is 17.1 Å². The van der Waals surface area contributed by atoms with Crippen LogP contribution in [0.5, 0.6) is 0 Å². The molecule has 14 rings (SSSR count). The molecule has 1 spiro atoms. The number of rotatable bonds is 5. The summed E-state index contributed by atoms with van der Waals surface area (Å²) in [6.07, 6.45) is 6.99. The lowest BCUT2D eigenvalue weighted by Crippen LogP contribution is -2.55. The average molecular weight is 762 g/mol. The first-order valence-electron chi connectivity index (χ1n) is 21.3. The normalized spacial score (nSPS) is 22.6. The lowest BCUT2D eigenvalue weighted by molar-refractivity contribution is -0.0399. The predicted molar refractivity (Wildman–Crippen MR) is 246 cm³/mol. The number of hydrogen-bond donors (Lipinski definition) is 0. The van der Waals surface area contributed by atoms with Crippen molar-refractivity contribution >= 4 is 59.3 Å². The van der Waals surface area contributed by atoms with Crippen LogP contribution in [0.2, 0.25) is 0 Å². The van der Waals surface area contributed by atoms with Crippen LogP contribution in [0.3, 0.4) is 0 Å². The van der Waals surface area contributed by atoms with Crippen molar-refractivity contribution in [2.45, 2.75) is 37.5 Å². The molecule has 0 N–H and O–H groups in total. The van der Waals surface area contributed by atoms with E-state index in [1.54, 1.807) is 11.1 Å². The molecule has 5 aliphatic carbocycles. The van der Waals surface area contributed by atoms with Crippen LogP contribution in [-0.4, -0.2) is 0 Å². The summed E-state index contributed by atoms with van der Waals surface area (Å²) in [6, 6.07) is 66.9. The smallest absolute Gasteiger partial charge is 0.0546 e. The van der Waals surface area contributed by atoms with Gasteiger partial charge in [0.15, 0.2) is 0 Å². The Morgan fingerprint density at radius 1 is 0.431 bits per heavy atom. The van der Waals surface area contributed by atoms with Crippen LogP contribution in [0, 0.1) is 23.7 Å². The molecule has 5 aliphatic rings. The summed E-state index contributed by atoms with van der Waals surface area (Å²) in [4.78, 5) is 2.51. The number of nitrogens with zero attached hydrogens (tertiary/aromatic N) is 1. The van der Waals surface area contributed by atoms with Crippen molar-refractivity contribution in [1.29, 1.82) is 0 Å². The zero-order valence-electron chi connectivity index (χ0n) is 32.4. The fraction of sp³-hybridized carbons (Fsp3) is 0.179. The molecule has 8 aromatic carbocycles. The monoisotopic (exact) mass is 761 g/mol. The lowest BCUT2D eigenvalue weighted by atomic mass is 9.43. The Hall–Kier alpha value is -5.96. The third-order valence-electron chi connectivity index (χ3n) is 14.8. The van der Waals surface area contributed by atoms with Crippen molar-refractivity contribution in [3.05, 3.63) is 187 Å². The summed E-state index contributed by atoms with van der Waals surface area (Å²) in [6.45, 7) is 0. The van der Waals surface area contributed by atoms with Gasteiger partial charge in [-0.25, -0.2) is 0 Å². The van der Waals surface area contributed by atoms with E-state index in [1.165, 1.54) is 108 Å². The molecule has 4 saturated carbocycles. The average Bonchev–Trinajstić information content (AvgIpc) is 3.78. The van der Waals surface area contributed by atoms with E-state index in [0.717, 1.165) is 17.5 Å². The summed E-state index contributed by atoms with van der Waals surface area (Å²) in [7, 11) is 0. The van der Waals surface area contributed by atoms with Crippen LogP contribution in [0.1, 0.15) is 43.2 Å². The Morgan fingerprint density at radius 2 is 1.10 bits per heavy atom. The molecule has 0 unspecified atom stereocenters. The van der Waals surface area contributed by atoms with Crippen LogP contribution in [-0.2, 0) is 5.41 Å². The molecular weight excluding hydrogens is 719 g/mol. The van der Waals surface area contributed by atoms with Gasteiger partial charge in [0.25, 0.3) is 0 Å². The summed E-state index contributed by atoms with van der Waals surface area (Å²) in [5.74, 6) is 3.25. The summed E-state index contributed by atoms with van der Waals surface area (Å²) in [5.41, 5.74) is 14.9. The molecule has 58 heavy (non-hydrogen) atoms. The van der Waals surface area contributed by atoms with E-state index in [9.17, 15) is 0 Å². The van der Waals surface area contributed by atoms with Gasteiger partial charge in [0.2, 0.25) is 0 Å². The molecule has 9 aromatic rings. The van der Waals surface area contributed by atoms with E-state index in [1.807, 2.05) is 11.3 Å². The van der Waals surface area contributed by atoms with E-state index in [0.29, 0.717) is 11.8 Å². The minimum absolute atomic E-state index is 0.0960. The lowest BCUT2D eigenvalue weighted by Gasteiger charge is -2.61. The van der Waals surface area contributed by atoms with Gasteiger partial charge in [-0.05, 0) is 154 Å². The first-order valence-corrected chi connectivity index (χ1v) is 22.2. The van der Waals surface area contributed by atoms with Gasteiger partial charge in [0.05, 0.1) is 5.69 Å². The van der Waals surface area contributed by atoms with E-state index in [2.05, 4.69) is 181 Å². The summed E-state index contributed by atoms with van der Waals surface area (Å²) >= 11 is 1.89. The minimum Gasteiger partial charge on any atom is -0.310 e. The van der Waals surface area contributed by atoms with E-state index in [-0.39, 0.29) is 5.41 Å². The zero-order chi connectivity index (χ0) is 38.0. The zero-order valence-corrected chi connectivity index (χ0v) is 33.3. The molecule has 1 aromatic heterocycles. The van der Waals surface area contributed by atoms with Gasteiger partial charge in [-0.3, -0.25) is 0 Å². The van der Waals surface area contributed by atoms with Crippen LogP contribution >= 0.6 is 11.3 Å². The second-order valence-electron chi connectivity index (χ2n) is 17.7. The Balaban J connectivity index is 1.12. The highest BCUT2D eigenvalue weighted by Crippen LogP contribution is 2.70. The van der Waals surface area contributed by atoms with Gasteiger partial charge in [-0.2, -0.15) is 0 Å². The molecule has 278 valence electrons. The highest BCUT2D eigenvalue weighted by molar-refractivity contribution is 7.25. The Labute approximate surface area is 344 Å². The maximum Gasteiger partial charge on any atom is 0.0546 e. The topological polar surface area (TPSA) is 3.24 Å². The number of fused-ring (bicyclic) bond motifs is 7. The number of para-hydroxylation sites is 1. The van der Waals surface area contributed by atoms with Crippen LogP contribution < -0.4 is 4.90 Å². The van der Waals surface area contributed by atoms with Crippen molar-refractivity contribution in [2.75, 3.05) is 4.90 Å². The molecule has 0 saturated heterocycles. The number of benzene rings is 8. The molecule has 1 heterocycles. The van der Waals surface area contributed by atoms with Crippen LogP contribution in [0.15, 0.2) is 176 Å². The van der Waals surface area contributed by atoms with E-state index in [4.69, 9.17) is 0 Å². The first kappa shape index (κ1) is 33.1. The fourth-order valence-electron chi connectivity index (χ4n) is 12.8. The highest BCUT2D eigenvalue weighted by Gasteiger charge is 2.61. The van der Waals surface area contributed by atoms with Gasteiger partial charge in [0.1, 0.15) is 0 Å². The molecule has 4 bridgehead atoms. The van der Waals surface area contributed by atoms with Crippen molar-refractivity contribution < 1.29 is 0 Å². The SMILES string of the molecule is c1ccc(-c2cc3c(cc2-c2c(N(c4ccccc4)c4ccc5c(c4)sc4ccccc45)ccc4ccccc24)-c2ccccc2C32C3CC4CC(C3)CC2C4)cc1. The second-order valence-corrected chi connectivity index (χ2v) is 18.7. The fourth-order valence-corrected chi connectivity index (χ4v) is 14.0. The maximum atomic E-state index is 2.70. The summed E-state index contributed by atoms with van der Waals surface area (Å²) < 4.78 is 2.64. The van der Waals surface area contributed by atoms with Gasteiger partial charge < -0.3 is 4.90 Å². The third kappa shape index (κ3) is 4.64. The third-order valence-corrected chi connectivity index (χ3v) is 16.0. The maximum absolute atomic E-state index is 2.70. The van der Waals surface area contributed by atoms with Crippen molar-refractivity contribution in [3.63, 3.8) is 0 Å². The molecular formula is C56H43NS. The number of thiophene rings is 1. The van der Waals surface area contributed by atoms with Gasteiger partial charge in [0, 0.05) is 42.5 Å². The predicted octanol–water partition coefficient (Wildman–Crippen LogP) is 15.7. The summed E-state index contributed by atoms with van der Waals surface area (Å²) in [5, 5.41) is 5.18. The standard InChI is InChI=1S/C56H43NS/c1-3-13-37(14-4-1)47-34-51-48(44-19-9-11-21-50(44)56(51)39-28-35-27-36(30-39)31-40(56)29-35)33-49(47)55-43-18-8-7-15-38(43)23-26-52(55)57(41-16-5-2-6-17-41)42-24-25-46-45-20-10-12-22-53(45)58-54(46)32-42/h1-26,32-36,39-40H,27-31H2. The number of hydrogen-bond acceptors (Lipinski definition) is 2. The first-order chi connectivity index (χ1) is 28.7. The Bertz CT molecular complexity index is 3060. The molecule has 0 radical (unpaired) electrons. The highest BCUT2D eigenvalue weighted by atomic mass is 32.1. The molecule has 0 aliphatic heterocycles. The molecule has 4 fully saturated rings. The molecule has 0 atom stereocenters. The van der Waals surface area contributed by atoms with E-state index < -0.39 is 0 Å². The largest absolute Gasteiger partial charge is 0.310 e. The molecule has 2 heteroatoms. The molecule has 1 nitrogen and oxygen atoms in total. The number of anilines is 3. The van der Waals surface area contributed by atoms with Crippen molar-refractivity contribution in [2.24, 2.45) is 23.7 Å². The van der Waals surface area contributed by atoms with E-state index >= 15 is 0 Å². The van der Waals surface area contributed by atoms with Crippen molar-refractivity contribution in [3.8, 4) is 33.4 Å². The van der Waals surface area contributed by atoms with Crippen molar-refractivity contribution in [1.82, 2.24) is 0 Å². The second kappa shape index (κ2) is 12.5. The quantitative estimate of drug-likeness (QED) is 0.169. The minimum atomic E-state index is 0.0960. The van der Waals surface area contributed by atoms with Gasteiger partial charge in [-0.15, -0.1) is 11.3 Å². The van der Waals surface area contributed by atoms with Gasteiger partial charge in [-0.1, -0.05) is 127 Å². The Morgan fingerprint density at radius 3 is 1.91 bits per heavy atom. The van der Waals surface area contributed by atoms with Gasteiger partial charge >= 0.3 is 0 Å². The Kier molecular flexibility index (Phi) is 7.13. The molecule has 0 amide bonds. The van der Waals surface area contributed by atoms with Crippen LogP contribution in [0.25, 0.3) is 64.3 Å².